The lowest BCUT2D eigenvalue weighted by molar-refractivity contribution is -0.0336. The van der Waals surface area contributed by atoms with E-state index in [-0.39, 0.29) is 12.1 Å². The third-order valence-electron chi connectivity index (χ3n) is 8.47. The zero-order chi connectivity index (χ0) is 29.6. The minimum absolute atomic E-state index is 0.0602. The number of methoxy groups -OCH3 is 1. The molecule has 0 unspecified atom stereocenters. The highest BCUT2D eigenvalue weighted by Crippen LogP contribution is 2.32. The summed E-state index contributed by atoms with van der Waals surface area (Å²) >= 11 is 0. The molecule has 3 fully saturated rings. The number of benzene rings is 4. The maximum Gasteiger partial charge on any atom is 0.408 e. The van der Waals surface area contributed by atoms with Gasteiger partial charge in [0.15, 0.2) is 0 Å². The second-order valence-corrected chi connectivity index (χ2v) is 11.2. The molecule has 0 spiro atoms. The fourth-order valence-corrected chi connectivity index (χ4v) is 6.09. The van der Waals surface area contributed by atoms with Crippen molar-refractivity contribution in [1.82, 2.24) is 10.2 Å². The van der Waals surface area contributed by atoms with Crippen molar-refractivity contribution in [3.8, 4) is 22.6 Å². The number of rotatable bonds is 10. The zero-order valence-corrected chi connectivity index (χ0v) is 24.3. The summed E-state index contributed by atoms with van der Waals surface area (Å²) in [6, 6.07) is 30.7. The van der Waals surface area contributed by atoms with Gasteiger partial charge in [-0.15, -0.1) is 0 Å². The van der Waals surface area contributed by atoms with Crippen molar-refractivity contribution in [1.29, 1.82) is 0 Å². The summed E-state index contributed by atoms with van der Waals surface area (Å²) in [6.07, 6.45) is 2.55. The molecule has 1 N–H and O–H groups in total. The third-order valence-corrected chi connectivity index (χ3v) is 8.47. The first-order valence-corrected chi connectivity index (χ1v) is 14.8. The maximum atomic E-state index is 13.1. The van der Waals surface area contributed by atoms with Gasteiger partial charge in [0, 0.05) is 17.7 Å². The van der Waals surface area contributed by atoms with Crippen LogP contribution in [0.4, 0.5) is 4.79 Å². The molecule has 43 heavy (non-hydrogen) atoms. The van der Waals surface area contributed by atoms with Gasteiger partial charge in [-0.05, 0) is 84.4 Å². The predicted molar refractivity (Wildman–Crippen MR) is 165 cm³/mol. The molecule has 0 aromatic heterocycles. The topological polar surface area (TPSA) is 77.1 Å². The van der Waals surface area contributed by atoms with Gasteiger partial charge in [-0.1, -0.05) is 66.7 Å². The van der Waals surface area contributed by atoms with E-state index in [1.54, 1.807) is 19.2 Å². The second kappa shape index (κ2) is 13.1. The minimum atomic E-state index is -0.394. The summed E-state index contributed by atoms with van der Waals surface area (Å²) in [4.78, 5) is 26.8. The molecule has 7 nitrogen and oxygen atoms in total. The van der Waals surface area contributed by atoms with Crippen molar-refractivity contribution in [2.75, 3.05) is 26.7 Å². The van der Waals surface area contributed by atoms with Crippen LogP contribution in [0.15, 0.2) is 97.1 Å². The van der Waals surface area contributed by atoms with E-state index in [1.807, 2.05) is 84.9 Å². The molecule has 3 aliphatic heterocycles. The Labute approximate surface area is 252 Å². The largest absolute Gasteiger partial charge is 0.496 e. The molecule has 4 aromatic rings. The molecular formula is C36H36N2O5. The second-order valence-electron chi connectivity index (χ2n) is 11.2. The molecule has 0 radical (unpaired) electrons. The fourth-order valence-electron chi connectivity index (χ4n) is 6.09. The Morgan fingerprint density at radius 2 is 1.70 bits per heavy atom. The number of carbonyl (C=O) groups is 2. The summed E-state index contributed by atoms with van der Waals surface area (Å²) in [6.45, 7) is 3.39. The molecule has 3 heterocycles. The van der Waals surface area contributed by atoms with Crippen LogP contribution in [0.25, 0.3) is 11.1 Å². The van der Waals surface area contributed by atoms with E-state index >= 15 is 0 Å². The molecule has 2 atom stereocenters. The first-order chi connectivity index (χ1) is 21.1. The lowest BCUT2D eigenvalue weighted by Gasteiger charge is -2.43. The van der Waals surface area contributed by atoms with Crippen molar-refractivity contribution >= 4 is 12.4 Å². The van der Waals surface area contributed by atoms with Crippen LogP contribution in [0, 0.1) is 5.92 Å². The number of nitrogens with zero attached hydrogens (tertiary/aromatic N) is 1. The van der Waals surface area contributed by atoms with Crippen LogP contribution in [0.5, 0.6) is 11.5 Å². The highest BCUT2D eigenvalue weighted by molar-refractivity contribution is 5.81. The normalized spacial score (nSPS) is 19.7. The molecule has 4 aromatic carbocycles. The van der Waals surface area contributed by atoms with Gasteiger partial charge in [-0.2, -0.15) is 0 Å². The van der Waals surface area contributed by atoms with E-state index in [1.165, 1.54) is 0 Å². The van der Waals surface area contributed by atoms with Crippen molar-refractivity contribution < 1.29 is 23.8 Å². The Hall–Kier alpha value is -4.62. The molecule has 3 saturated heterocycles. The summed E-state index contributed by atoms with van der Waals surface area (Å²) < 4.78 is 17.6. The number of hydrogen-bond donors (Lipinski definition) is 1. The van der Waals surface area contributed by atoms with E-state index < -0.39 is 6.09 Å². The molecule has 7 rings (SSSR count). The Balaban J connectivity index is 1.14. The van der Waals surface area contributed by atoms with E-state index in [0.29, 0.717) is 29.6 Å². The molecule has 7 heteroatoms. The number of hydrogen-bond acceptors (Lipinski definition) is 6. The smallest absolute Gasteiger partial charge is 0.408 e. The lowest BCUT2D eigenvalue weighted by atomic mass is 9.86. The average Bonchev–Trinajstić information content (AvgIpc) is 3.07. The van der Waals surface area contributed by atoms with Gasteiger partial charge in [0.1, 0.15) is 30.5 Å². The van der Waals surface area contributed by atoms with E-state index in [4.69, 9.17) is 14.2 Å². The minimum Gasteiger partial charge on any atom is -0.496 e. The van der Waals surface area contributed by atoms with Crippen molar-refractivity contribution in [3.63, 3.8) is 0 Å². The van der Waals surface area contributed by atoms with Gasteiger partial charge in [0.05, 0.1) is 13.2 Å². The first-order valence-electron chi connectivity index (χ1n) is 14.8. The van der Waals surface area contributed by atoms with Crippen molar-refractivity contribution in [3.05, 3.63) is 119 Å². The number of aldehydes is 1. The van der Waals surface area contributed by atoms with Gasteiger partial charge < -0.3 is 19.5 Å². The summed E-state index contributed by atoms with van der Waals surface area (Å²) in [7, 11) is 1.62. The van der Waals surface area contributed by atoms with Crippen LogP contribution >= 0.6 is 0 Å². The number of amides is 1. The number of ether oxygens (including phenoxy) is 3. The number of alkyl carbamates (subject to hydrolysis) is 1. The summed E-state index contributed by atoms with van der Waals surface area (Å²) in [5.74, 6) is 1.86. The number of nitrogens with one attached hydrogen (secondary N) is 1. The van der Waals surface area contributed by atoms with E-state index in [0.717, 1.165) is 66.6 Å². The molecule has 2 bridgehead atoms. The SMILES string of the molecule is COc1ccc(C=O)cc1-c1ccc(COc2cccc([C@@H](NC(=O)O[C@H]3CN4CCC3CC4)c3ccccc3)c2)cc1. The molecule has 3 aliphatic rings. The van der Waals surface area contributed by atoms with E-state index in [2.05, 4.69) is 10.2 Å². The van der Waals surface area contributed by atoms with Crippen LogP contribution in [-0.4, -0.2) is 50.1 Å². The highest BCUT2D eigenvalue weighted by atomic mass is 16.6. The van der Waals surface area contributed by atoms with Crippen LogP contribution in [0.1, 0.15) is 45.9 Å². The monoisotopic (exact) mass is 576 g/mol. The first kappa shape index (κ1) is 28.5. The Morgan fingerprint density at radius 1 is 0.930 bits per heavy atom. The Kier molecular flexibility index (Phi) is 8.70. The molecule has 0 aliphatic carbocycles. The number of carbonyl (C=O) groups excluding carboxylic acids is 2. The quantitative estimate of drug-likeness (QED) is 0.213. The molecule has 0 saturated carbocycles. The number of fused-ring (bicyclic) bond motifs is 3. The zero-order valence-electron chi connectivity index (χ0n) is 24.3. The van der Waals surface area contributed by atoms with Crippen LogP contribution in [0.2, 0.25) is 0 Å². The predicted octanol–water partition coefficient (Wildman–Crippen LogP) is 6.66. The standard InChI is InChI=1S/C36H36N2O5/c1-41-33-15-12-26(23-39)20-32(33)27-13-10-25(11-14-27)24-42-31-9-5-8-30(21-31)35(29-6-3-2-4-7-29)37-36(40)43-34-22-38-18-16-28(34)17-19-38/h2-15,20-21,23,28,34-35H,16-19,22,24H2,1H3,(H,37,40)/t34-,35-/m0/s1. The van der Waals surface area contributed by atoms with Gasteiger partial charge in [0.2, 0.25) is 0 Å². The molecular weight excluding hydrogens is 540 g/mol. The van der Waals surface area contributed by atoms with Crippen molar-refractivity contribution in [2.45, 2.75) is 31.6 Å². The van der Waals surface area contributed by atoms with Gasteiger partial charge in [0.25, 0.3) is 0 Å². The summed E-state index contributed by atoms with van der Waals surface area (Å²) in [5, 5.41) is 3.13. The summed E-state index contributed by atoms with van der Waals surface area (Å²) in [5.41, 5.74) is 5.28. The van der Waals surface area contributed by atoms with Crippen LogP contribution < -0.4 is 14.8 Å². The molecule has 220 valence electrons. The van der Waals surface area contributed by atoms with Crippen LogP contribution in [-0.2, 0) is 11.3 Å². The highest BCUT2D eigenvalue weighted by Gasteiger charge is 2.36. The van der Waals surface area contributed by atoms with Crippen molar-refractivity contribution in [2.24, 2.45) is 5.92 Å². The van der Waals surface area contributed by atoms with E-state index in [9.17, 15) is 9.59 Å². The number of piperidine rings is 3. The lowest BCUT2D eigenvalue weighted by Crippen LogP contribution is -2.52. The van der Waals surface area contributed by atoms with Crippen LogP contribution in [0.3, 0.4) is 0 Å². The average molecular weight is 577 g/mol. The third kappa shape index (κ3) is 6.73. The van der Waals surface area contributed by atoms with Gasteiger partial charge >= 0.3 is 6.09 Å². The Morgan fingerprint density at radius 3 is 2.40 bits per heavy atom. The Bertz CT molecular complexity index is 1550. The molecule has 1 amide bonds. The fraction of sp³-hybridized carbons (Fsp3) is 0.278. The maximum absolute atomic E-state index is 13.1. The van der Waals surface area contributed by atoms with Gasteiger partial charge in [-0.3, -0.25) is 9.69 Å². The van der Waals surface area contributed by atoms with Gasteiger partial charge in [-0.25, -0.2) is 4.79 Å².